The van der Waals surface area contributed by atoms with Crippen LogP contribution in [0, 0.1) is 0 Å². The summed E-state index contributed by atoms with van der Waals surface area (Å²) >= 11 is 1.62. The maximum Gasteiger partial charge on any atom is 0.244 e. The highest BCUT2D eigenvalue weighted by atomic mass is 32.1. The van der Waals surface area contributed by atoms with E-state index in [1.165, 1.54) is 6.08 Å². The third-order valence-corrected chi connectivity index (χ3v) is 4.65. The second-order valence-electron chi connectivity index (χ2n) is 5.69. The van der Waals surface area contributed by atoms with Crippen molar-refractivity contribution in [1.29, 1.82) is 0 Å². The molecule has 0 fully saturated rings. The molecule has 3 heterocycles. The summed E-state index contributed by atoms with van der Waals surface area (Å²) in [7, 11) is 0. The summed E-state index contributed by atoms with van der Waals surface area (Å²) in [5.41, 5.74) is 3.82. The molecule has 0 unspecified atom stereocenters. The van der Waals surface area contributed by atoms with Crippen LogP contribution in [0.1, 0.15) is 11.1 Å². The molecule has 1 N–H and O–H groups in total. The van der Waals surface area contributed by atoms with Crippen LogP contribution in [0.3, 0.4) is 0 Å². The predicted molar refractivity (Wildman–Crippen MR) is 101 cm³/mol. The number of carbonyl (C=O) groups excluding carboxylic acids is 1. The van der Waals surface area contributed by atoms with Crippen molar-refractivity contribution >= 4 is 23.3 Å². The number of hydrogen-bond donors (Lipinski definition) is 1. The Kier molecular flexibility index (Phi) is 4.66. The first kappa shape index (κ1) is 16.4. The standard InChI is InChI=1S/C20H16N2O3S/c23-19(6-4-14-3-5-17-18(10-14)25-13-24-17)22-11-15-2-1-8-21-20(15)16-7-9-26-12-16/h1-10,12H,11,13H2,(H,22,23). The highest BCUT2D eigenvalue weighted by molar-refractivity contribution is 7.08. The van der Waals surface area contributed by atoms with Crippen LogP contribution in [0.2, 0.25) is 0 Å². The number of thiophene rings is 1. The molecule has 0 saturated carbocycles. The first-order valence-corrected chi connectivity index (χ1v) is 9.06. The Hall–Kier alpha value is -3.12. The van der Waals surface area contributed by atoms with Gasteiger partial charge in [-0.2, -0.15) is 11.3 Å². The van der Waals surface area contributed by atoms with E-state index < -0.39 is 0 Å². The fourth-order valence-electron chi connectivity index (χ4n) is 2.67. The maximum absolute atomic E-state index is 12.1. The summed E-state index contributed by atoms with van der Waals surface area (Å²) < 4.78 is 10.6. The molecule has 1 aliphatic heterocycles. The number of benzene rings is 1. The lowest BCUT2D eigenvalue weighted by molar-refractivity contribution is -0.116. The molecule has 0 atom stereocenters. The van der Waals surface area contributed by atoms with Gasteiger partial charge in [-0.3, -0.25) is 9.78 Å². The molecule has 1 aliphatic rings. The van der Waals surface area contributed by atoms with Crippen molar-refractivity contribution in [3.63, 3.8) is 0 Å². The Balaban J connectivity index is 1.40. The van der Waals surface area contributed by atoms with Crippen molar-refractivity contribution in [2.45, 2.75) is 6.54 Å². The van der Waals surface area contributed by atoms with Gasteiger partial charge in [-0.25, -0.2) is 0 Å². The summed E-state index contributed by atoms with van der Waals surface area (Å²) in [6, 6.07) is 11.4. The second-order valence-corrected chi connectivity index (χ2v) is 6.47. The molecule has 3 aromatic rings. The maximum atomic E-state index is 12.1. The number of rotatable bonds is 5. The van der Waals surface area contributed by atoms with E-state index >= 15 is 0 Å². The van der Waals surface area contributed by atoms with E-state index in [4.69, 9.17) is 9.47 Å². The SMILES string of the molecule is O=C(C=Cc1ccc2c(c1)OCO2)NCc1cccnc1-c1ccsc1. The molecular weight excluding hydrogens is 348 g/mol. The fourth-order valence-corrected chi connectivity index (χ4v) is 3.31. The molecule has 2 aromatic heterocycles. The van der Waals surface area contributed by atoms with Crippen LogP contribution in [0.15, 0.2) is 59.4 Å². The lowest BCUT2D eigenvalue weighted by Gasteiger charge is -2.07. The predicted octanol–water partition coefficient (Wildman–Crippen LogP) is 3.87. The molecule has 0 aliphatic carbocycles. The Morgan fingerprint density at radius 3 is 3.04 bits per heavy atom. The summed E-state index contributed by atoms with van der Waals surface area (Å²) in [6.45, 7) is 0.657. The van der Waals surface area contributed by atoms with Gasteiger partial charge in [0.2, 0.25) is 12.7 Å². The topological polar surface area (TPSA) is 60.5 Å². The molecule has 0 radical (unpaired) electrons. The average molecular weight is 364 g/mol. The van der Waals surface area contributed by atoms with Crippen molar-refractivity contribution in [3.05, 3.63) is 70.6 Å². The number of carbonyl (C=O) groups is 1. The van der Waals surface area contributed by atoms with Crippen LogP contribution in [-0.2, 0) is 11.3 Å². The van der Waals surface area contributed by atoms with Crippen molar-refractivity contribution in [3.8, 4) is 22.8 Å². The Labute approximate surface area is 154 Å². The summed E-state index contributed by atoms with van der Waals surface area (Å²) in [5, 5.41) is 6.97. The zero-order valence-corrected chi connectivity index (χ0v) is 14.7. The van der Waals surface area contributed by atoms with Crippen molar-refractivity contribution < 1.29 is 14.3 Å². The number of fused-ring (bicyclic) bond motifs is 1. The number of ether oxygens (including phenoxy) is 2. The van der Waals surface area contributed by atoms with E-state index in [0.29, 0.717) is 12.3 Å². The highest BCUT2D eigenvalue weighted by Crippen LogP contribution is 2.32. The quantitative estimate of drug-likeness (QED) is 0.698. The largest absolute Gasteiger partial charge is 0.454 e. The third kappa shape index (κ3) is 3.60. The van der Waals surface area contributed by atoms with Gasteiger partial charge in [-0.15, -0.1) is 0 Å². The van der Waals surface area contributed by atoms with Crippen molar-refractivity contribution in [2.24, 2.45) is 0 Å². The van der Waals surface area contributed by atoms with Gasteiger partial charge in [0.05, 0.1) is 5.69 Å². The average Bonchev–Trinajstić information content (AvgIpc) is 3.36. The monoisotopic (exact) mass is 364 g/mol. The summed E-state index contributed by atoms with van der Waals surface area (Å²) in [6.07, 6.45) is 5.02. The first-order chi connectivity index (χ1) is 12.8. The van der Waals surface area contributed by atoms with Gasteiger partial charge >= 0.3 is 0 Å². The molecule has 0 saturated heterocycles. The molecule has 0 spiro atoms. The van der Waals surface area contributed by atoms with Gasteiger partial charge in [-0.1, -0.05) is 12.1 Å². The normalized spacial score (nSPS) is 12.5. The Morgan fingerprint density at radius 2 is 2.15 bits per heavy atom. The van der Waals surface area contributed by atoms with Gasteiger partial charge < -0.3 is 14.8 Å². The number of hydrogen-bond acceptors (Lipinski definition) is 5. The fraction of sp³-hybridized carbons (Fsp3) is 0.100. The zero-order chi connectivity index (χ0) is 17.8. The smallest absolute Gasteiger partial charge is 0.244 e. The van der Waals surface area contributed by atoms with Gasteiger partial charge in [0.25, 0.3) is 0 Å². The van der Waals surface area contributed by atoms with Gasteiger partial charge in [0.15, 0.2) is 11.5 Å². The van der Waals surface area contributed by atoms with Crippen LogP contribution in [0.5, 0.6) is 11.5 Å². The lowest BCUT2D eigenvalue weighted by atomic mass is 10.1. The second kappa shape index (κ2) is 7.41. The highest BCUT2D eigenvalue weighted by Gasteiger charge is 2.12. The van der Waals surface area contributed by atoms with Gasteiger partial charge in [-0.05, 0) is 46.8 Å². The van der Waals surface area contributed by atoms with Gasteiger partial charge in [0.1, 0.15) is 0 Å². The van der Waals surface area contributed by atoms with E-state index in [0.717, 1.165) is 28.1 Å². The molecule has 1 amide bonds. The summed E-state index contributed by atoms with van der Waals surface area (Å²) in [5.74, 6) is 1.26. The molecular formula is C20H16N2O3S. The zero-order valence-electron chi connectivity index (χ0n) is 13.8. The molecule has 6 heteroatoms. The number of aromatic nitrogens is 1. The van der Waals surface area contributed by atoms with Crippen LogP contribution in [0.25, 0.3) is 17.3 Å². The molecule has 5 nitrogen and oxygen atoms in total. The number of nitrogens with one attached hydrogen (secondary N) is 1. The van der Waals surface area contributed by atoms with Gasteiger partial charge in [0, 0.05) is 29.8 Å². The van der Waals surface area contributed by atoms with E-state index in [1.54, 1.807) is 23.6 Å². The van der Waals surface area contributed by atoms with Crippen molar-refractivity contribution in [1.82, 2.24) is 10.3 Å². The minimum Gasteiger partial charge on any atom is -0.454 e. The Bertz CT molecular complexity index is 951. The van der Waals surface area contributed by atoms with E-state index in [2.05, 4.69) is 10.3 Å². The van der Waals surface area contributed by atoms with E-state index in [-0.39, 0.29) is 12.7 Å². The number of nitrogens with zero attached hydrogens (tertiary/aromatic N) is 1. The first-order valence-electron chi connectivity index (χ1n) is 8.11. The molecule has 26 heavy (non-hydrogen) atoms. The minimum absolute atomic E-state index is 0.164. The van der Waals surface area contributed by atoms with E-state index in [1.807, 2.05) is 47.2 Å². The lowest BCUT2D eigenvalue weighted by Crippen LogP contribution is -2.20. The minimum atomic E-state index is -0.164. The number of amides is 1. The van der Waals surface area contributed by atoms with Crippen LogP contribution in [-0.4, -0.2) is 17.7 Å². The van der Waals surface area contributed by atoms with Crippen molar-refractivity contribution in [2.75, 3.05) is 6.79 Å². The molecule has 4 rings (SSSR count). The van der Waals surface area contributed by atoms with Crippen LogP contribution >= 0.6 is 11.3 Å². The number of pyridine rings is 1. The summed E-state index contributed by atoms with van der Waals surface area (Å²) in [4.78, 5) is 16.6. The van der Waals surface area contributed by atoms with Crippen LogP contribution < -0.4 is 14.8 Å². The molecule has 1 aromatic carbocycles. The van der Waals surface area contributed by atoms with E-state index in [9.17, 15) is 4.79 Å². The molecule has 130 valence electrons. The molecule has 0 bridgehead atoms. The van der Waals surface area contributed by atoms with Crippen LogP contribution in [0.4, 0.5) is 0 Å². The third-order valence-electron chi connectivity index (χ3n) is 3.96. The Morgan fingerprint density at radius 1 is 1.23 bits per heavy atom.